The van der Waals surface area contributed by atoms with Gasteiger partial charge in [-0.05, 0) is 28.8 Å². The molecule has 1 heterocycles. The summed E-state index contributed by atoms with van der Waals surface area (Å²) < 4.78 is 5.04. The van der Waals surface area contributed by atoms with Gasteiger partial charge in [-0.25, -0.2) is 0 Å². The molecule has 0 aliphatic carbocycles. The topological polar surface area (TPSA) is 69.9 Å². The summed E-state index contributed by atoms with van der Waals surface area (Å²) in [5, 5.41) is 13.2. The van der Waals surface area contributed by atoms with Crippen molar-refractivity contribution in [3.05, 3.63) is 114 Å². The van der Waals surface area contributed by atoms with Gasteiger partial charge in [0.15, 0.2) is 11.4 Å². The summed E-state index contributed by atoms with van der Waals surface area (Å²) in [5.74, 6) is -0.0533. The number of benzene rings is 3. The standard InChI is InChI=1S/C24H22N4O2/c1-2-30-23(29)18-22-25-27-28(26-22)24(19-12-6-3-7-13-19,20-14-8-4-9-15-20)21-16-10-5-11-17-21/h3-17H,2,18H2,1H3. The van der Waals surface area contributed by atoms with E-state index in [-0.39, 0.29) is 12.4 Å². The summed E-state index contributed by atoms with van der Waals surface area (Å²) >= 11 is 0. The maximum Gasteiger partial charge on any atom is 0.313 e. The fourth-order valence-corrected chi connectivity index (χ4v) is 3.68. The fraction of sp³-hybridized carbons (Fsp3) is 0.167. The normalized spacial score (nSPS) is 11.2. The molecule has 0 radical (unpaired) electrons. The lowest BCUT2D eigenvalue weighted by Gasteiger charge is -2.34. The van der Waals surface area contributed by atoms with Crippen LogP contribution in [0.25, 0.3) is 0 Å². The van der Waals surface area contributed by atoms with Crippen molar-refractivity contribution in [1.29, 1.82) is 0 Å². The van der Waals surface area contributed by atoms with Crippen molar-refractivity contribution in [3.63, 3.8) is 0 Å². The van der Waals surface area contributed by atoms with E-state index in [4.69, 9.17) is 4.74 Å². The van der Waals surface area contributed by atoms with Gasteiger partial charge in [-0.2, -0.15) is 0 Å². The third-order valence-electron chi connectivity index (χ3n) is 4.94. The van der Waals surface area contributed by atoms with E-state index in [0.717, 1.165) is 16.7 Å². The molecule has 0 fully saturated rings. The van der Waals surface area contributed by atoms with Crippen molar-refractivity contribution in [1.82, 2.24) is 20.2 Å². The molecule has 0 aliphatic heterocycles. The number of tetrazole rings is 1. The second-order valence-corrected chi connectivity index (χ2v) is 6.79. The highest BCUT2D eigenvalue weighted by atomic mass is 16.5. The van der Waals surface area contributed by atoms with E-state index in [1.165, 1.54) is 0 Å². The Hall–Kier alpha value is -3.80. The quantitative estimate of drug-likeness (QED) is 0.351. The molecule has 0 saturated carbocycles. The van der Waals surface area contributed by atoms with Crippen LogP contribution >= 0.6 is 0 Å². The van der Waals surface area contributed by atoms with Crippen LogP contribution in [0.2, 0.25) is 0 Å². The SMILES string of the molecule is CCOC(=O)Cc1nnn(C(c2ccccc2)(c2ccccc2)c2ccccc2)n1. The lowest BCUT2D eigenvalue weighted by atomic mass is 9.77. The average Bonchev–Trinajstić information content (AvgIpc) is 3.25. The van der Waals surface area contributed by atoms with Crippen LogP contribution in [0.15, 0.2) is 91.0 Å². The van der Waals surface area contributed by atoms with E-state index in [1.54, 1.807) is 11.7 Å². The Labute approximate surface area is 175 Å². The van der Waals surface area contributed by atoms with E-state index in [0.29, 0.717) is 12.4 Å². The number of hydrogen-bond donors (Lipinski definition) is 0. The molecule has 150 valence electrons. The zero-order valence-electron chi connectivity index (χ0n) is 16.7. The maximum atomic E-state index is 11.9. The molecule has 6 nitrogen and oxygen atoms in total. The van der Waals surface area contributed by atoms with Crippen molar-refractivity contribution < 1.29 is 9.53 Å². The average molecular weight is 398 g/mol. The number of hydrogen-bond acceptors (Lipinski definition) is 5. The highest BCUT2D eigenvalue weighted by Crippen LogP contribution is 2.39. The minimum absolute atomic E-state index is 0.0255. The predicted octanol–water partition coefficient (Wildman–Crippen LogP) is 3.62. The molecule has 0 atom stereocenters. The van der Waals surface area contributed by atoms with Crippen molar-refractivity contribution >= 4 is 5.97 Å². The smallest absolute Gasteiger partial charge is 0.313 e. The first-order valence-corrected chi connectivity index (χ1v) is 9.86. The Balaban J connectivity index is 1.95. The highest BCUT2D eigenvalue weighted by Gasteiger charge is 2.41. The molecule has 0 unspecified atom stereocenters. The summed E-state index contributed by atoms with van der Waals surface area (Å²) in [6.45, 7) is 2.09. The van der Waals surface area contributed by atoms with E-state index in [1.807, 2.05) is 91.0 Å². The van der Waals surface area contributed by atoms with Crippen molar-refractivity contribution in [3.8, 4) is 0 Å². The number of carbonyl (C=O) groups is 1. The summed E-state index contributed by atoms with van der Waals surface area (Å²) in [7, 11) is 0. The molecule has 4 aromatic rings. The molecular formula is C24H22N4O2. The van der Waals surface area contributed by atoms with Gasteiger partial charge in [0.05, 0.1) is 6.61 Å². The van der Waals surface area contributed by atoms with Crippen LogP contribution in [-0.2, 0) is 21.5 Å². The zero-order chi connectivity index (χ0) is 20.8. The number of carbonyl (C=O) groups excluding carboxylic acids is 1. The minimum atomic E-state index is -0.844. The summed E-state index contributed by atoms with van der Waals surface area (Å²) in [5.41, 5.74) is 2.12. The molecule has 3 aromatic carbocycles. The molecule has 30 heavy (non-hydrogen) atoms. The first-order chi connectivity index (χ1) is 14.7. The largest absolute Gasteiger partial charge is 0.466 e. The van der Waals surface area contributed by atoms with Gasteiger partial charge in [-0.1, -0.05) is 91.0 Å². The van der Waals surface area contributed by atoms with Gasteiger partial charge in [-0.15, -0.1) is 15.0 Å². The molecular weight excluding hydrogens is 376 g/mol. The summed E-state index contributed by atoms with van der Waals surface area (Å²) in [6, 6.07) is 30.2. The first-order valence-electron chi connectivity index (χ1n) is 9.86. The molecule has 1 aromatic heterocycles. The summed E-state index contributed by atoms with van der Waals surface area (Å²) in [4.78, 5) is 13.5. The predicted molar refractivity (Wildman–Crippen MR) is 113 cm³/mol. The van der Waals surface area contributed by atoms with Crippen molar-refractivity contribution in [2.45, 2.75) is 18.9 Å². The Morgan fingerprint density at radius 3 is 1.73 bits per heavy atom. The Morgan fingerprint density at radius 2 is 1.30 bits per heavy atom. The van der Waals surface area contributed by atoms with Crippen LogP contribution in [0.4, 0.5) is 0 Å². The van der Waals surface area contributed by atoms with Crippen LogP contribution in [0.1, 0.15) is 29.4 Å². The van der Waals surface area contributed by atoms with Crippen LogP contribution in [0.3, 0.4) is 0 Å². The molecule has 0 spiro atoms. The minimum Gasteiger partial charge on any atom is -0.466 e. The maximum absolute atomic E-state index is 11.9. The van der Waals surface area contributed by atoms with Crippen molar-refractivity contribution in [2.24, 2.45) is 0 Å². The number of ether oxygens (including phenoxy) is 1. The lowest BCUT2D eigenvalue weighted by Crippen LogP contribution is -2.39. The fourth-order valence-electron chi connectivity index (χ4n) is 3.68. The van der Waals surface area contributed by atoms with Crippen LogP contribution in [0, 0.1) is 0 Å². The van der Waals surface area contributed by atoms with Gasteiger partial charge >= 0.3 is 5.97 Å². The van der Waals surface area contributed by atoms with E-state index >= 15 is 0 Å². The monoisotopic (exact) mass is 398 g/mol. The molecule has 4 rings (SSSR count). The van der Waals surface area contributed by atoms with E-state index in [2.05, 4.69) is 15.4 Å². The highest BCUT2D eigenvalue weighted by molar-refractivity contribution is 5.71. The van der Waals surface area contributed by atoms with Gasteiger partial charge in [0.1, 0.15) is 6.42 Å². The Kier molecular flexibility index (Phi) is 5.66. The van der Waals surface area contributed by atoms with Gasteiger partial charge in [-0.3, -0.25) is 4.79 Å². The van der Waals surface area contributed by atoms with Crippen LogP contribution < -0.4 is 0 Å². The number of nitrogens with zero attached hydrogens (tertiary/aromatic N) is 4. The lowest BCUT2D eigenvalue weighted by molar-refractivity contribution is -0.142. The Bertz CT molecular complexity index is 999. The van der Waals surface area contributed by atoms with Crippen LogP contribution in [-0.4, -0.2) is 32.8 Å². The number of rotatable bonds is 7. The van der Waals surface area contributed by atoms with Gasteiger partial charge in [0, 0.05) is 0 Å². The zero-order valence-corrected chi connectivity index (χ0v) is 16.7. The Morgan fingerprint density at radius 1 is 0.833 bits per heavy atom. The third kappa shape index (κ3) is 3.59. The van der Waals surface area contributed by atoms with Crippen LogP contribution in [0.5, 0.6) is 0 Å². The number of esters is 1. The first kappa shape index (κ1) is 19.5. The van der Waals surface area contributed by atoms with Gasteiger partial charge < -0.3 is 4.74 Å². The van der Waals surface area contributed by atoms with E-state index in [9.17, 15) is 4.79 Å². The molecule has 0 aliphatic rings. The molecule has 0 amide bonds. The van der Waals surface area contributed by atoms with Gasteiger partial charge in [0.25, 0.3) is 0 Å². The molecule has 0 N–H and O–H groups in total. The number of aromatic nitrogens is 4. The molecule has 0 saturated heterocycles. The molecule has 0 bridgehead atoms. The third-order valence-corrected chi connectivity index (χ3v) is 4.94. The van der Waals surface area contributed by atoms with Crippen molar-refractivity contribution in [2.75, 3.05) is 6.61 Å². The molecule has 6 heteroatoms. The van der Waals surface area contributed by atoms with E-state index < -0.39 is 5.54 Å². The second kappa shape index (κ2) is 8.69. The summed E-state index contributed by atoms with van der Waals surface area (Å²) in [6.07, 6.45) is -0.0255. The second-order valence-electron chi connectivity index (χ2n) is 6.79. The van der Waals surface area contributed by atoms with Gasteiger partial charge in [0.2, 0.25) is 0 Å².